The molecule has 0 atom stereocenters. The Morgan fingerprint density at radius 2 is 1.61 bits per heavy atom. The van der Waals surface area contributed by atoms with Crippen LogP contribution in [0.3, 0.4) is 0 Å². The fraction of sp³-hybridized carbons (Fsp3) is 0.929. The molecule has 0 bridgehead atoms. The van der Waals surface area contributed by atoms with E-state index >= 15 is 0 Å². The third-order valence-electron chi connectivity index (χ3n) is 3.34. The van der Waals surface area contributed by atoms with Crippen LogP contribution >= 0.6 is 0 Å². The molecule has 0 radical (unpaired) electrons. The molecule has 0 spiro atoms. The number of nitrogens with two attached hydrogens (primary N) is 2. The standard InChI is InChI=1S/C14H30N2O2/c1-12(2,10-15)9-14(5,6)18-8-7-13(3,4)11(16)17/h7-10,15H2,1-6H3,(H2,16,17). The highest BCUT2D eigenvalue weighted by atomic mass is 16.5. The topological polar surface area (TPSA) is 78.3 Å². The summed E-state index contributed by atoms with van der Waals surface area (Å²) in [5.41, 5.74) is 10.4. The molecule has 0 rings (SSSR count). The molecule has 0 saturated carbocycles. The summed E-state index contributed by atoms with van der Waals surface area (Å²) in [6.45, 7) is 13.2. The molecule has 0 aliphatic heterocycles. The molecular formula is C14H30N2O2. The van der Waals surface area contributed by atoms with E-state index in [2.05, 4.69) is 27.7 Å². The van der Waals surface area contributed by atoms with Crippen LogP contribution in [0.15, 0.2) is 0 Å². The Balaban J connectivity index is 4.25. The maximum absolute atomic E-state index is 11.2. The summed E-state index contributed by atoms with van der Waals surface area (Å²) in [6.07, 6.45) is 1.52. The maximum Gasteiger partial charge on any atom is 0.223 e. The first-order valence-electron chi connectivity index (χ1n) is 6.56. The minimum atomic E-state index is -0.514. The molecular weight excluding hydrogens is 228 g/mol. The van der Waals surface area contributed by atoms with Gasteiger partial charge in [-0.2, -0.15) is 0 Å². The molecule has 0 heterocycles. The van der Waals surface area contributed by atoms with Gasteiger partial charge >= 0.3 is 0 Å². The van der Waals surface area contributed by atoms with Gasteiger partial charge in [0.05, 0.1) is 5.60 Å². The highest BCUT2D eigenvalue weighted by Gasteiger charge is 2.30. The predicted molar refractivity (Wildman–Crippen MR) is 75.1 cm³/mol. The summed E-state index contributed by atoms with van der Waals surface area (Å²) in [6, 6.07) is 0. The fourth-order valence-electron chi connectivity index (χ4n) is 1.98. The van der Waals surface area contributed by atoms with Crippen LogP contribution in [0.5, 0.6) is 0 Å². The van der Waals surface area contributed by atoms with Crippen molar-refractivity contribution in [2.24, 2.45) is 22.3 Å². The van der Waals surface area contributed by atoms with Crippen molar-refractivity contribution in [2.45, 2.75) is 60.0 Å². The predicted octanol–water partition coefficient (Wildman–Crippen LogP) is 2.06. The van der Waals surface area contributed by atoms with E-state index in [1.165, 1.54) is 0 Å². The normalized spacial score (nSPS) is 13.7. The molecule has 18 heavy (non-hydrogen) atoms. The second kappa shape index (κ2) is 6.02. The van der Waals surface area contributed by atoms with Crippen LogP contribution in [0.25, 0.3) is 0 Å². The van der Waals surface area contributed by atoms with Crippen molar-refractivity contribution >= 4 is 5.91 Å². The van der Waals surface area contributed by atoms with Crippen LogP contribution < -0.4 is 11.5 Å². The van der Waals surface area contributed by atoms with Gasteiger partial charge in [-0.1, -0.05) is 27.7 Å². The summed E-state index contributed by atoms with van der Waals surface area (Å²) in [5, 5.41) is 0. The van der Waals surface area contributed by atoms with Crippen molar-refractivity contribution < 1.29 is 9.53 Å². The summed E-state index contributed by atoms with van der Waals surface area (Å²) < 4.78 is 5.89. The summed E-state index contributed by atoms with van der Waals surface area (Å²) in [4.78, 5) is 11.2. The van der Waals surface area contributed by atoms with Gasteiger partial charge in [0.2, 0.25) is 5.91 Å². The van der Waals surface area contributed by atoms with Gasteiger partial charge in [-0.05, 0) is 38.6 Å². The molecule has 0 aromatic heterocycles. The lowest BCUT2D eigenvalue weighted by Crippen LogP contribution is -2.37. The SMILES string of the molecule is CC(C)(CN)CC(C)(C)OCCC(C)(C)C(N)=O. The third kappa shape index (κ3) is 6.36. The zero-order chi connectivity index (χ0) is 14.6. The molecule has 0 aliphatic carbocycles. The van der Waals surface area contributed by atoms with E-state index in [1.807, 2.05) is 13.8 Å². The number of hydrogen-bond acceptors (Lipinski definition) is 3. The highest BCUT2D eigenvalue weighted by Crippen LogP contribution is 2.30. The molecule has 0 unspecified atom stereocenters. The zero-order valence-electron chi connectivity index (χ0n) is 12.8. The molecule has 0 aromatic rings. The van der Waals surface area contributed by atoms with Gasteiger partial charge in [-0.3, -0.25) is 4.79 Å². The van der Waals surface area contributed by atoms with Crippen molar-refractivity contribution in [3.8, 4) is 0 Å². The number of hydrogen-bond donors (Lipinski definition) is 2. The lowest BCUT2D eigenvalue weighted by molar-refractivity contribution is -0.128. The Morgan fingerprint density at radius 1 is 1.11 bits per heavy atom. The molecule has 0 aliphatic rings. The minimum Gasteiger partial charge on any atom is -0.376 e. The average molecular weight is 258 g/mol. The van der Waals surface area contributed by atoms with Crippen molar-refractivity contribution in [3.05, 3.63) is 0 Å². The molecule has 1 amide bonds. The van der Waals surface area contributed by atoms with E-state index in [0.717, 1.165) is 6.42 Å². The number of primary amides is 1. The summed E-state index contributed by atoms with van der Waals surface area (Å²) >= 11 is 0. The first-order valence-corrected chi connectivity index (χ1v) is 6.56. The van der Waals surface area contributed by atoms with Crippen molar-refractivity contribution in [2.75, 3.05) is 13.2 Å². The van der Waals surface area contributed by atoms with Gasteiger partial charge in [0.15, 0.2) is 0 Å². The van der Waals surface area contributed by atoms with E-state index in [9.17, 15) is 4.79 Å². The molecule has 4 heteroatoms. The van der Waals surface area contributed by atoms with Crippen LogP contribution in [0.4, 0.5) is 0 Å². The number of carbonyl (C=O) groups excluding carboxylic acids is 1. The quantitative estimate of drug-likeness (QED) is 0.699. The van der Waals surface area contributed by atoms with Crippen molar-refractivity contribution in [3.63, 3.8) is 0 Å². The largest absolute Gasteiger partial charge is 0.376 e. The van der Waals surface area contributed by atoms with Crippen LogP contribution in [0.2, 0.25) is 0 Å². The smallest absolute Gasteiger partial charge is 0.223 e. The Labute approximate surface area is 111 Å². The average Bonchev–Trinajstić information content (AvgIpc) is 2.15. The fourth-order valence-corrected chi connectivity index (χ4v) is 1.98. The highest BCUT2D eigenvalue weighted by molar-refractivity contribution is 5.79. The molecule has 0 saturated heterocycles. The molecule has 4 nitrogen and oxygen atoms in total. The van der Waals surface area contributed by atoms with E-state index in [0.29, 0.717) is 19.6 Å². The Kier molecular flexibility index (Phi) is 5.82. The van der Waals surface area contributed by atoms with Gasteiger partial charge < -0.3 is 16.2 Å². The summed E-state index contributed by atoms with van der Waals surface area (Å²) in [5.74, 6) is -0.286. The van der Waals surface area contributed by atoms with Crippen LogP contribution in [0.1, 0.15) is 54.4 Å². The monoisotopic (exact) mass is 258 g/mol. The molecule has 4 N–H and O–H groups in total. The van der Waals surface area contributed by atoms with Gasteiger partial charge in [0, 0.05) is 12.0 Å². The Hall–Kier alpha value is -0.610. The van der Waals surface area contributed by atoms with E-state index in [4.69, 9.17) is 16.2 Å². The first-order chi connectivity index (χ1) is 7.92. The van der Waals surface area contributed by atoms with Crippen LogP contribution in [-0.4, -0.2) is 24.7 Å². The van der Waals surface area contributed by atoms with Gasteiger partial charge in [0.1, 0.15) is 0 Å². The van der Waals surface area contributed by atoms with E-state index < -0.39 is 5.41 Å². The Morgan fingerprint density at radius 3 is 2.00 bits per heavy atom. The lowest BCUT2D eigenvalue weighted by atomic mass is 9.81. The number of rotatable bonds is 8. The Bertz CT molecular complexity index is 284. The van der Waals surface area contributed by atoms with Crippen molar-refractivity contribution in [1.82, 2.24) is 0 Å². The zero-order valence-corrected chi connectivity index (χ0v) is 12.8. The van der Waals surface area contributed by atoms with Gasteiger partial charge in [-0.15, -0.1) is 0 Å². The first kappa shape index (κ1) is 17.4. The molecule has 0 aromatic carbocycles. The lowest BCUT2D eigenvalue weighted by Gasteiger charge is -2.35. The number of amides is 1. The second-order valence-electron chi connectivity index (χ2n) is 7.15. The molecule has 108 valence electrons. The van der Waals surface area contributed by atoms with Crippen LogP contribution in [0, 0.1) is 10.8 Å². The summed E-state index contributed by atoms with van der Waals surface area (Å²) in [7, 11) is 0. The van der Waals surface area contributed by atoms with Crippen LogP contribution in [-0.2, 0) is 9.53 Å². The van der Waals surface area contributed by atoms with Crippen molar-refractivity contribution in [1.29, 1.82) is 0 Å². The van der Waals surface area contributed by atoms with E-state index in [1.54, 1.807) is 0 Å². The van der Waals surface area contributed by atoms with Gasteiger partial charge in [0.25, 0.3) is 0 Å². The van der Waals surface area contributed by atoms with E-state index in [-0.39, 0.29) is 16.9 Å². The number of carbonyl (C=O) groups is 1. The molecule has 0 fully saturated rings. The van der Waals surface area contributed by atoms with Gasteiger partial charge in [-0.25, -0.2) is 0 Å². The maximum atomic E-state index is 11.2. The minimum absolute atomic E-state index is 0.0582. The second-order valence-corrected chi connectivity index (χ2v) is 7.15. The third-order valence-corrected chi connectivity index (χ3v) is 3.34. The number of ether oxygens (including phenoxy) is 1.